The second kappa shape index (κ2) is 9.46. The van der Waals surface area contributed by atoms with Crippen molar-refractivity contribution < 1.29 is 24.2 Å². The molecule has 2 rings (SSSR count). The normalized spacial score (nSPS) is 10.2. The first kappa shape index (κ1) is 19.3. The summed E-state index contributed by atoms with van der Waals surface area (Å²) in [6, 6.07) is 14.7. The van der Waals surface area contributed by atoms with Gasteiger partial charge in [-0.25, -0.2) is 4.79 Å². The average molecular weight is 357 g/mol. The second-order valence-corrected chi connectivity index (χ2v) is 5.93. The summed E-state index contributed by atoms with van der Waals surface area (Å²) in [6.45, 7) is 0.109. The number of carbonyl (C=O) groups excluding carboxylic acids is 1. The maximum Gasteiger partial charge on any atom is 0.341 e. The number of amides is 1. The highest BCUT2D eigenvalue weighted by atomic mass is 16.5. The minimum atomic E-state index is -1.02. The van der Waals surface area contributed by atoms with Crippen LogP contribution in [0.4, 0.5) is 0 Å². The molecule has 0 spiro atoms. The van der Waals surface area contributed by atoms with Gasteiger partial charge in [-0.2, -0.15) is 0 Å². The third kappa shape index (κ3) is 6.12. The van der Waals surface area contributed by atoms with Gasteiger partial charge in [-0.1, -0.05) is 24.3 Å². The van der Waals surface area contributed by atoms with Crippen LogP contribution in [0.3, 0.4) is 0 Å². The minimum absolute atomic E-state index is 0.0547. The molecule has 6 nitrogen and oxygen atoms in total. The molecule has 1 N–H and O–H groups in total. The van der Waals surface area contributed by atoms with E-state index in [4.69, 9.17) is 14.6 Å². The van der Waals surface area contributed by atoms with Gasteiger partial charge in [0.1, 0.15) is 11.5 Å². The summed E-state index contributed by atoms with van der Waals surface area (Å²) in [5, 5.41) is 8.60. The molecule has 0 radical (unpaired) electrons. The fourth-order valence-corrected chi connectivity index (χ4v) is 2.47. The summed E-state index contributed by atoms with van der Waals surface area (Å²) in [5.41, 5.74) is 2.01. The Bertz CT molecular complexity index is 742. The van der Waals surface area contributed by atoms with Gasteiger partial charge in [0.05, 0.1) is 7.11 Å². The number of hydrogen-bond acceptors (Lipinski definition) is 4. The molecule has 6 heteroatoms. The fraction of sp³-hybridized carbons (Fsp3) is 0.300. The van der Waals surface area contributed by atoms with Gasteiger partial charge in [-0.05, 0) is 41.8 Å². The lowest BCUT2D eigenvalue weighted by molar-refractivity contribution is -0.139. The van der Waals surface area contributed by atoms with Gasteiger partial charge >= 0.3 is 5.97 Å². The number of carbonyl (C=O) groups is 2. The topological polar surface area (TPSA) is 76.1 Å². The summed E-state index contributed by atoms with van der Waals surface area (Å²) in [5.74, 6) is 0.311. The molecule has 0 bridgehead atoms. The quantitative estimate of drug-likeness (QED) is 0.747. The number of methoxy groups -OCH3 is 1. The van der Waals surface area contributed by atoms with Crippen LogP contribution in [0.25, 0.3) is 0 Å². The number of ether oxygens (including phenoxy) is 2. The molecule has 0 atom stereocenters. The van der Waals surface area contributed by atoms with E-state index in [1.165, 1.54) is 0 Å². The molecule has 0 saturated heterocycles. The lowest BCUT2D eigenvalue weighted by atomic mass is 10.1. The van der Waals surface area contributed by atoms with Crippen molar-refractivity contribution >= 4 is 11.9 Å². The summed E-state index contributed by atoms with van der Waals surface area (Å²) < 4.78 is 10.3. The van der Waals surface area contributed by atoms with Crippen LogP contribution in [-0.2, 0) is 22.6 Å². The van der Waals surface area contributed by atoms with Gasteiger partial charge in [0.15, 0.2) is 6.61 Å². The van der Waals surface area contributed by atoms with Crippen LogP contribution in [0.5, 0.6) is 11.5 Å². The Morgan fingerprint density at radius 1 is 1.04 bits per heavy atom. The highest BCUT2D eigenvalue weighted by Gasteiger charge is 2.10. The van der Waals surface area contributed by atoms with E-state index in [1.54, 1.807) is 31.2 Å². The smallest absolute Gasteiger partial charge is 0.341 e. The number of aliphatic carboxylic acids is 1. The lowest BCUT2D eigenvalue weighted by Crippen LogP contribution is -2.26. The molecule has 0 aliphatic heterocycles. The van der Waals surface area contributed by atoms with Gasteiger partial charge in [0.25, 0.3) is 0 Å². The number of hydrogen-bond donors (Lipinski definition) is 1. The van der Waals surface area contributed by atoms with Crippen molar-refractivity contribution in [1.82, 2.24) is 4.90 Å². The van der Waals surface area contributed by atoms with Crippen LogP contribution in [0.15, 0.2) is 48.5 Å². The van der Waals surface area contributed by atoms with E-state index in [1.807, 2.05) is 36.4 Å². The van der Waals surface area contributed by atoms with E-state index >= 15 is 0 Å². The number of carboxylic acids is 1. The molecule has 0 aliphatic carbocycles. The zero-order valence-corrected chi connectivity index (χ0v) is 15.0. The molecule has 0 saturated carbocycles. The monoisotopic (exact) mass is 357 g/mol. The number of nitrogens with zero attached hydrogens (tertiary/aromatic N) is 1. The number of aryl methyl sites for hydroxylation is 1. The van der Waals surface area contributed by atoms with E-state index in [0.717, 1.165) is 16.9 Å². The first-order valence-corrected chi connectivity index (χ1v) is 8.28. The van der Waals surface area contributed by atoms with E-state index in [-0.39, 0.29) is 12.5 Å². The molecular weight excluding hydrogens is 334 g/mol. The van der Waals surface area contributed by atoms with Gasteiger partial charge in [0.2, 0.25) is 5.91 Å². The Balaban J connectivity index is 1.83. The highest BCUT2D eigenvalue weighted by molar-refractivity contribution is 5.76. The molecule has 0 aliphatic rings. The van der Waals surface area contributed by atoms with Crippen LogP contribution in [0.2, 0.25) is 0 Å². The Labute approximate surface area is 153 Å². The SMILES string of the molecule is COc1cccc(CCC(=O)N(C)Cc2ccc(OCC(=O)O)cc2)c1. The van der Waals surface area contributed by atoms with Crippen LogP contribution in [0.1, 0.15) is 17.5 Å². The molecule has 138 valence electrons. The van der Waals surface area contributed by atoms with E-state index in [2.05, 4.69) is 0 Å². The molecule has 2 aromatic rings. The van der Waals surface area contributed by atoms with Crippen molar-refractivity contribution in [3.8, 4) is 11.5 Å². The summed E-state index contributed by atoms with van der Waals surface area (Å²) in [6.07, 6.45) is 1.08. The van der Waals surface area contributed by atoms with Gasteiger partial charge in [-0.15, -0.1) is 0 Å². The second-order valence-electron chi connectivity index (χ2n) is 5.93. The molecule has 0 aromatic heterocycles. The van der Waals surface area contributed by atoms with Crippen molar-refractivity contribution in [1.29, 1.82) is 0 Å². The Hall–Kier alpha value is -3.02. The van der Waals surface area contributed by atoms with Gasteiger partial charge < -0.3 is 19.5 Å². The lowest BCUT2D eigenvalue weighted by Gasteiger charge is -2.17. The third-order valence-electron chi connectivity index (χ3n) is 3.89. The van der Waals surface area contributed by atoms with Gasteiger partial charge in [0, 0.05) is 20.0 Å². The van der Waals surface area contributed by atoms with Crippen LogP contribution < -0.4 is 9.47 Å². The average Bonchev–Trinajstić information content (AvgIpc) is 2.65. The van der Waals surface area contributed by atoms with Crippen LogP contribution >= 0.6 is 0 Å². The van der Waals surface area contributed by atoms with Crippen molar-refractivity contribution in [3.05, 3.63) is 59.7 Å². The Kier molecular flexibility index (Phi) is 7.02. The van der Waals surface area contributed by atoms with E-state index in [0.29, 0.717) is 25.1 Å². The zero-order chi connectivity index (χ0) is 18.9. The van der Waals surface area contributed by atoms with Crippen molar-refractivity contribution in [3.63, 3.8) is 0 Å². The highest BCUT2D eigenvalue weighted by Crippen LogP contribution is 2.16. The molecule has 1 amide bonds. The molecule has 0 unspecified atom stereocenters. The molecule has 0 heterocycles. The standard InChI is InChI=1S/C20H23NO5/c1-21(13-16-6-9-17(10-7-16)26-14-20(23)24)19(22)11-8-15-4-3-5-18(12-15)25-2/h3-7,9-10,12H,8,11,13-14H2,1-2H3,(H,23,24). The number of carboxylic acid groups (broad SMARTS) is 1. The predicted octanol–water partition coefficient (Wildman–Crippen LogP) is 2.75. The van der Waals surface area contributed by atoms with Crippen molar-refractivity contribution in [2.75, 3.05) is 20.8 Å². The molecule has 0 fully saturated rings. The third-order valence-corrected chi connectivity index (χ3v) is 3.89. The van der Waals surface area contributed by atoms with Gasteiger partial charge in [-0.3, -0.25) is 4.79 Å². The fourth-order valence-electron chi connectivity index (χ4n) is 2.47. The first-order chi connectivity index (χ1) is 12.5. The summed E-state index contributed by atoms with van der Waals surface area (Å²) >= 11 is 0. The first-order valence-electron chi connectivity index (χ1n) is 8.28. The number of rotatable bonds is 9. The zero-order valence-electron chi connectivity index (χ0n) is 15.0. The van der Waals surface area contributed by atoms with E-state index in [9.17, 15) is 9.59 Å². The molecule has 26 heavy (non-hydrogen) atoms. The summed E-state index contributed by atoms with van der Waals surface area (Å²) in [7, 11) is 3.39. The predicted molar refractivity (Wildman–Crippen MR) is 97.4 cm³/mol. The van der Waals surface area contributed by atoms with Crippen LogP contribution in [-0.4, -0.2) is 42.6 Å². The van der Waals surface area contributed by atoms with E-state index < -0.39 is 5.97 Å². The Morgan fingerprint density at radius 3 is 2.42 bits per heavy atom. The van der Waals surface area contributed by atoms with Crippen molar-refractivity contribution in [2.45, 2.75) is 19.4 Å². The van der Waals surface area contributed by atoms with Crippen molar-refractivity contribution in [2.24, 2.45) is 0 Å². The molecular formula is C20H23NO5. The Morgan fingerprint density at radius 2 is 1.77 bits per heavy atom. The molecule has 2 aromatic carbocycles. The maximum atomic E-state index is 12.3. The largest absolute Gasteiger partial charge is 0.497 e. The summed E-state index contributed by atoms with van der Waals surface area (Å²) in [4.78, 5) is 24.5. The number of benzene rings is 2. The minimum Gasteiger partial charge on any atom is -0.497 e. The maximum absolute atomic E-state index is 12.3. The van der Waals surface area contributed by atoms with Crippen LogP contribution in [0, 0.1) is 0 Å².